The molecule has 0 rings (SSSR count). The molecule has 0 amide bonds. The molecule has 0 spiro atoms. The van der Waals surface area contributed by atoms with E-state index in [2.05, 4.69) is 13.2 Å². The van der Waals surface area contributed by atoms with Crippen LogP contribution in [-0.2, 0) is 23.9 Å². The predicted octanol–water partition coefficient (Wildman–Crippen LogP) is 2.21. The summed E-state index contributed by atoms with van der Waals surface area (Å²) in [5.74, 6) is -1.08. The standard InChI is InChI=1S/C15H22O5/c1-5-12(16)11-15(3,4)14(18)20-10-8-7-9-19-13(17)6-2/h5-6H,1-2,7-11H2,3-4H3. The van der Waals surface area contributed by atoms with Crippen molar-refractivity contribution in [1.29, 1.82) is 0 Å². The molecule has 0 heterocycles. The quantitative estimate of drug-likeness (QED) is 0.349. The Hall–Kier alpha value is -1.91. The van der Waals surface area contributed by atoms with E-state index in [1.54, 1.807) is 13.8 Å². The third kappa shape index (κ3) is 7.51. The van der Waals surface area contributed by atoms with E-state index < -0.39 is 17.4 Å². The van der Waals surface area contributed by atoms with E-state index in [0.29, 0.717) is 12.8 Å². The molecule has 0 saturated heterocycles. The maximum atomic E-state index is 11.8. The van der Waals surface area contributed by atoms with Crippen LogP contribution in [0.2, 0.25) is 0 Å². The SMILES string of the molecule is C=CC(=O)CC(C)(C)C(=O)OCCCCOC(=O)C=C. The largest absolute Gasteiger partial charge is 0.465 e. The molecule has 0 N–H and O–H groups in total. The average molecular weight is 282 g/mol. The zero-order valence-corrected chi connectivity index (χ0v) is 12.1. The Labute approximate surface area is 119 Å². The fraction of sp³-hybridized carbons (Fsp3) is 0.533. The Kier molecular flexibility index (Phi) is 8.20. The van der Waals surface area contributed by atoms with Crippen LogP contribution < -0.4 is 0 Å². The molecule has 0 aliphatic heterocycles. The number of ether oxygens (including phenoxy) is 2. The molecule has 0 aromatic carbocycles. The number of esters is 2. The molecule has 112 valence electrons. The fourth-order valence-electron chi connectivity index (χ4n) is 1.38. The molecule has 0 aliphatic rings. The lowest BCUT2D eigenvalue weighted by molar-refractivity contribution is -0.155. The van der Waals surface area contributed by atoms with Crippen molar-refractivity contribution in [2.75, 3.05) is 13.2 Å². The molecule has 0 bridgehead atoms. The first kappa shape index (κ1) is 18.1. The summed E-state index contributed by atoms with van der Waals surface area (Å²) in [6, 6.07) is 0. The second kappa shape index (κ2) is 9.07. The summed E-state index contributed by atoms with van der Waals surface area (Å²) in [5.41, 5.74) is -0.861. The first-order valence-corrected chi connectivity index (χ1v) is 6.45. The third-order valence-corrected chi connectivity index (χ3v) is 2.58. The van der Waals surface area contributed by atoms with Crippen LogP contribution in [0.3, 0.4) is 0 Å². The van der Waals surface area contributed by atoms with Gasteiger partial charge in [0.25, 0.3) is 0 Å². The summed E-state index contributed by atoms with van der Waals surface area (Å²) in [7, 11) is 0. The van der Waals surface area contributed by atoms with Gasteiger partial charge in [-0.25, -0.2) is 4.79 Å². The number of unbranched alkanes of at least 4 members (excludes halogenated alkanes) is 1. The van der Waals surface area contributed by atoms with E-state index in [-0.39, 0.29) is 25.4 Å². The number of hydrogen-bond acceptors (Lipinski definition) is 5. The Morgan fingerprint density at radius 2 is 1.55 bits per heavy atom. The lowest BCUT2D eigenvalue weighted by Crippen LogP contribution is -2.29. The normalized spacial score (nSPS) is 10.5. The van der Waals surface area contributed by atoms with Crippen LogP contribution in [-0.4, -0.2) is 30.9 Å². The molecule has 0 fully saturated rings. The number of carbonyl (C=O) groups excluding carboxylic acids is 3. The van der Waals surface area contributed by atoms with Crippen LogP contribution in [0.1, 0.15) is 33.1 Å². The van der Waals surface area contributed by atoms with Crippen molar-refractivity contribution in [2.45, 2.75) is 33.1 Å². The van der Waals surface area contributed by atoms with Crippen molar-refractivity contribution in [3.8, 4) is 0 Å². The van der Waals surface area contributed by atoms with Crippen LogP contribution in [0, 0.1) is 5.41 Å². The van der Waals surface area contributed by atoms with Gasteiger partial charge in [-0.05, 0) is 32.8 Å². The van der Waals surface area contributed by atoms with Crippen molar-refractivity contribution in [2.24, 2.45) is 5.41 Å². The van der Waals surface area contributed by atoms with Gasteiger partial charge in [0.2, 0.25) is 0 Å². The second-order valence-corrected chi connectivity index (χ2v) is 4.95. The molecule has 5 heteroatoms. The molecule has 0 aliphatic carbocycles. The number of rotatable bonds is 10. The molecular formula is C15H22O5. The molecule has 0 unspecified atom stereocenters. The third-order valence-electron chi connectivity index (χ3n) is 2.58. The van der Waals surface area contributed by atoms with E-state index in [4.69, 9.17) is 9.47 Å². The zero-order valence-electron chi connectivity index (χ0n) is 12.1. The summed E-state index contributed by atoms with van der Waals surface area (Å²) in [5, 5.41) is 0. The van der Waals surface area contributed by atoms with Gasteiger partial charge in [-0.3, -0.25) is 9.59 Å². The van der Waals surface area contributed by atoms with Gasteiger partial charge >= 0.3 is 11.9 Å². The van der Waals surface area contributed by atoms with E-state index in [1.807, 2.05) is 0 Å². The number of allylic oxidation sites excluding steroid dienone is 1. The first-order chi connectivity index (χ1) is 9.33. The summed E-state index contributed by atoms with van der Waals surface area (Å²) >= 11 is 0. The average Bonchev–Trinajstić information content (AvgIpc) is 2.41. The number of hydrogen-bond donors (Lipinski definition) is 0. The van der Waals surface area contributed by atoms with Gasteiger partial charge in [0.05, 0.1) is 18.6 Å². The van der Waals surface area contributed by atoms with Crippen LogP contribution in [0.4, 0.5) is 0 Å². The summed E-state index contributed by atoms with van der Waals surface area (Å²) in [6.45, 7) is 10.5. The Balaban J connectivity index is 3.87. The van der Waals surface area contributed by atoms with Gasteiger partial charge in [0.1, 0.15) is 0 Å². The van der Waals surface area contributed by atoms with E-state index >= 15 is 0 Å². The first-order valence-electron chi connectivity index (χ1n) is 6.45. The van der Waals surface area contributed by atoms with Crippen LogP contribution >= 0.6 is 0 Å². The van der Waals surface area contributed by atoms with Crippen molar-refractivity contribution in [3.05, 3.63) is 25.3 Å². The summed E-state index contributed by atoms with van der Waals surface area (Å²) in [4.78, 5) is 33.8. The highest BCUT2D eigenvalue weighted by molar-refractivity contribution is 5.93. The Morgan fingerprint density at radius 1 is 1.00 bits per heavy atom. The molecule has 0 aromatic heterocycles. The second-order valence-electron chi connectivity index (χ2n) is 4.95. The molecule has 5 nitrogen and oxygen atoms in total. The van der Waals surface area contributed by atoms with Gasteiger partial charge in [-0.15, -0.1) is 0 Å². The fourth-order valence-corrected chi connectivity index (χ4v) is 1.38. The van der Waals surface area contributed by atoms with Gasteiger partial charge < -0.3 is 9.47 Å². The van der Waals surface area contributed by atoms with Crippen molar-refractivity contribution < 1.29 is 23.9 Å². The lowest BCUT2D eigenvalue weighted by Gasteiger charge is -2.21. The van der Waals surface area contributed by atoms with Gasteiger partial charge in [0, 0.05) is 12.5 Å². The van der Waals surface area contributed by atoms with Crippen LogP contribution in [0.5, 0.6) is 0 Å². The number of ketones is 1. The Bertz CT molecular complexity index is 382. The predicted molar refractivity (Wildman–Crippen MR) is 75.0 cm³/mol. The minimum atomic E-state index is -0.861. The van der Waals surface area contributed by atoms with E-state index in [0.717, 1.165) is 6.08 Å². The maximum Gasteiger partial charge on any atom is 0.330 e. The van der Waals surface area contributed by atoms with Gasteiger partial charge in [-0.1, -0.05) is 13.2 Å². The van der Waals surface area contributed by atoms with Crippen LogP contribution in [0.15, 0.2) is 25.3 Å². The molecule has 0 atom stereocenters. The topological polar surface area (TPSA) is 69.7 Å². The van der Waals surface area contributed by atoms with Crippen molar-refractivity contribution in [1.82, 2.24) is 0 Å². The van der Waals surface area contributed by atoms with E-state index in [9.17, 15) is 14.4 Å². The monoisotopic (exact) mass is 282 g/mol. The maximum absolute atomic E-state index is 11.8. The molecule has 20 heavy (non-hydrogen) atoms. The Morgan fingerprint density at radius 3 is 2.05 bits per heavy atom. The minimum absolute atomic E-state index is 0.0757. The van der Waals surface area contributed by atoms with Crippen molar-refractivity contribution in [3.63, 3.8) is 0 Å². The summed E-state index contributed by atoms with van der Waals surface area (Å²) in [6.07, 6.45) is 3.55. The van der Waals surface area contributed by atoms with Gasteiger partial charge in [-0.2, -0.15) is 0 Å². The van der Waals surface area contributed by atoms with Crippen molar-refractivity contribution >= 4 is 17.7 Å². The highest BCUT2D eigenvalue weighted by Crippen LogP contribution is 2.23. The molecule has 0 aromatic rings. The van der Waals surface area contributed by atoms with Crippen LogP contribution in [0.25, 0.3) is 0 Å². The number of carbonyl (C=O) groups is 3. The minimum Gasteiger partial charge on any atom is -0.465 e. The lowest BCUT2D eigenvalue weighted by atomic mass is 9.87. The summed E-state index contributed by atoms with van der Waals surface area (Å²) < 4.78 is 9.88. The molecule has 0 radical (unpaired) electrons. The molecular weight excluding hydrogens is 260 g/mol. The highest BCUT2D eigenvalue weighted by Gasteiger charge is 2.31. The van der Waals surface area contributed by atoms with Gasteiger partial charge in [0.15, 0.2) is 5.78 Å². The molecule has 0 saturated carbocycles. The highest BCUT2D eigenvalue weighted by atomic mass is 16.5. The zero-order chi connectivity index (χ0) is 15.6. The van der Waals surface area contributed by atoms with E-state index in [1.165, 1.54) is 6.08 Å². The smallest absolute Gasteiger partial charge is 0.330 e.